The van der Waals surface area contributed by atoms with Gasteiger partial charge in [0.05, 0.1) is 11.4 Å². The highest BCUT2D eigenvalue weighted by Crippen LogP contribution is 2.55. The van der Waals surface area contributed by atoms with Crippen LogP contribution in [0.3, 0.4) is 0 Å². The molecule has 1 heteroatoms. The van der Waals surface area contributed by atoms with Crippen molar-refractivity contribution in [1.29, 1.82) is 0 Å². The van der Waals surface area contributed by atoms with Gasteiger partial charge >= 0.3 is 0 Å². The first-order valence-corrected chi connectivity index (χ1v) is 18.1. The summed E-state index contributed by atoms with van der Waals surface area (Å²) < 4.78 is 0. The molecule has 248 valence electrons. The molecule has 0 atom stereocenters. The Morgan fingerprint density at radius 2 is 0.788 bits per heavy atom. The zero-order valence-electron chi connectivity index (χ0n) is 29.5. The highest BCUT2D eigenvalue weighted by atomic mass is 15.1. The number of anilines is 3. The van der Waals surface area contributed by atoms with E-state index in [1.165, 1.54) is 72.4 Å². The molecule has 8 aromatic rings. The molecule has 0 aliphatic heterocycles. The molecule has 0 radical (unpaired) electrons. The van der Waals surface area contributed by atoms with E-state index >= 15 is 0 Å². The van der Waals surface area contributed by atoms with Gasteiger partial charge in [0.15, 0.2) is 0 Å². The molecule has 9 rings (SSSR count). The summed E-state index contributed by atoms with van der Waals surface area (Å²) in [4.78, 5) is 2.50. The number of hydrogen-bond donors (Lipinski definition) is 0. The first-order valence-electron chi connectivity index (χ1n) is 18.1. The normalized spacial score (nSPS) is 12.6. The Morgan fingerprint density at radius 1 is 0.327 bits per heavy atom. The van der Waals surface area contributed by atoms with E-state index in [0.717, 1.165) is 11.4 Å². The SMILES string of the molecule is CC1(C)c2ccccc2-c2c(N(c3ccc(-c4ccccc4)cc3)c3cccc(-c4ccccc4)c3-c3cccc(-c4ccccc4)c3)cccc21. The number of rotatable bonds is 7. The van der Waals surface area contributed by atoms with Crippen molar-refractivity contribution in [3.05, 3.63) is 211 Å². The zero-order valence-corrected chi connectivity index (χ0v) is 29.5. The van der Waals surface area contributed by atoms with Gasteiger partial charge in [-0.1, -0.05) is 184 Å². The third kappa shape index (κ3) is 5.43. The molecule has 0 fully saturated rings. The topological polar surface area (TPSA) is 3.24 Å². The molecule has 52 heavy (non-hydrogen) atoms. The first kappa shape index (κ1) is 31.5. The zero-order chi connectivity index (χ0) is 35.1. The summed E-state index contributed by atoms with van der Waals surface area (Å²) in [5.41, 5.74) is 18.2. The van der Waals surface area contributed by atoms with Crippen LogP contribution in [-0.2, 0) is 5.41 Å². The molecule has 8 aromatic carbocycles. The molecule has 1 nitrogen and oxygen atoms in total. The van der Waals surface area contributed by atoms with Crippen LogP contribution >= 0.6 is 0 Å². The van der Waals surface area contributed by atoms with E-state index in [-0.39, 0.29) is 5.41 Å². The van der Waals surface area contributed by atoms with Crippen molar-refractivity contribution in [2.24, 2.45) is 0 Å². The number of nitrogens with zero attached hydrogens (tertiary/aromatic N) is 1. The van der Waals surface area contributed by atoms with Crippen LogP contribution < -0.4 is 4.90 Å². The van der Waals surface area contributed by atoms with Gasteiger partial charge in [0.25, 0.3) is 0 Å². The molecular formula is C51H39N. The maximum Gasteiger partial charge on any atom is 0.0546 e. The van der Waals surface area contributed by atoms with Crippen molar-refractivity contribution >= 4 is 17.1 Å². The van der Waals surface area contributed by atoms with E-state index in [9.17, 15) is 0 Å². The molecule has 0 saturated carbocycles. The van der Waals surface area contributed by atoms with Gasteiger partial charge in [-0.15, -0.1) is 0 Å². The van der Waals surface area contributed by atoms with Crippen molar-refractivity contribution in [2.75, 3.05) is 4.90 Å². The minimum absolute atomic E-state index is 0.122. The predicted molar refractivity (Wildman–Crippen MR) is 220 cm³/mol. The average molecular weight is 666 g/mol. The molecule has 0 unspecified atom stereocenters. The Morgan fingerprint density at radius 3 is 1.48 bits per heavy atom. The lowest BCUT2D eigenvalue weighted by Crippen LogP contribution is -2.16. The van der Waals surface area contributed by atoms with Crippen LogP contribution in [0.1, 0.15) is 25.0 Å². The van der Waals surface area contributed by atoms with Crippen LogP contribution in [0.15, 0.2) is 200 Å². The van der Waals surface area contributed by atoms with Crippen LogP contribution in [0.2, 0.25) is 0 Å². The van der Waals surface area contributed by atoms with Crippen molar-refractivity contribution in [1.82, 2.24) is 0 Å². The summed E-state index contributed by atoms with van der Waals surface area (Å²) >= 11 is 0. The first-order chi connectivity index (χ1) is 25.6. The molecule has 0 aromatic heterocycles. The van der Waals surface area contributed by atoms with E-state index < -0.39 is 0 Å². The van der Waals surface area contributed by atoms with Gasteiger partial charge < -0.3 is 4.90 Å². The lowest BCUT2D eigenvalue weighted by atomic mass is 9.82. The third-order valence-electron chi connectivity index (χ3n) is 10.7. The van der Waals surface area contributed by atoms with Gasteiger partial charge in [-0.25, -0.2) is 0 Å². The Labute approximate surface area is 307 Å². The van der Waals surface area contributed by atoms with E-state index in [1.54, 1.807) is 0 Å². The van der Waals surface area contributed by atoms with Crippen LogP contribution in [0, 0.1) is 0 Å². The Kier molecular flexibility index (Phi) is 7.90. The highest BCUT2D eigenvalue weighted by Gasteiger charge is 2.38. The Balaban J connectivity index is 1.34. The monoisotopic (exact) mass is 665 g/mol. The second-order valence-corrected chi connectivity index (χ2v) is 14.1. The largest absolute Gasteiger partial charge is 0.309 e. The summed E-state index contributed by atoms with van der Waals surface area (Å²) in [5.74, 6) is 0. The van der Waals surface area contributed by atoms with Gasteiger partial charge in [-0.05, 0) is 86.0 Å². The van der Waals surface area contributed by atoms with E-state index in [4.69, 9.17) is 0 Å². The molecule has 0 spiro atoms. The fourth-order valence-corrected chi connectivity index (χ4v) is 8.14. The van der Waals surface area contributed by atoms with Crippen molar-refractivity contribution < 1.29 is 0 Å². The number of benzene rings is 8. The lowest BCUT2D eigenvalue weighted by Gasteiger charge is -2.31. The van der Waals surface area contributed by atoms with E-state index in [1.807, 2.05) is 0 Å². The van der Waals surface area contributed by atoms with Gasteiger partial charge in [-0.2, -0.15) is 0 Å². The molecule has 0 saturated heterocycles. The summed E-state index contributed by atoms with van der Waals surface area (Å²) in [7, 11) is 0. The van der Waals surface area contributed by atoms with Gasteiger partial charge in [0.2, 0.25) is 0 Å². The van der Waals surface area contributed by atoms with Gasteiger partial charge in [0.1, 0.15) is 0 Å². The number of fused-ring (bicyclic) bond motifs is 3. The minimum Gasteiger partial charge on any atom is -0.309 e. The van der Waals surface area contributed by atoms with Crippen molar-refractivity contribution in [3.8, 4) is 55.6 Å². The number of hydrogen-bond acceptors (Lipinski definition) is 1. The van der Waals surface area contributed by atoms with Crippen molar-refractivity contribution in [2.45, 2.75) is 19.3 Å². The third-order valence-corrected chi connectivity index (χ3v) is 10.7. The Hall–Kier alpha value is -6.44. The molecule has 0 bridgehead atoms. The summed E-state index contributed by atoms with van der Waals surface area (Å²) in [6.45, 7) is 4.72. The molecule has 0 N–H and O–H groups in total. The maximum absolute atomic E-state index is 2.50. The van der Waals surface area contributed by atoms with Crippen LogP contribution in [0.5, 0.6) is 0 Å². The van der Waals surface area contributed by atoms with E-state index in [2.05, 4.69) is 219 Å². The average Bonchev–Trinajstić information content (AvgIpc) is 3.45. The van der Waals surface area contributed by atoms with Gasteiger partial charge in [0, 0.05) is 22.2 Å². The van der Waals surface area contributed by atoms with Crippen molar-refractivity contribution in [3.63, 3.8) is 0 Å². The quantitative estimate of drug-likeness (QED) is 0.164. The van der Waals surface area contributed by atoms with Gasteiger partial charge in [-0.3, -0.25) is 0 Å². The molecule has 1 aliphatic carbocycles. The predicted octanol–water partition coefficient (Wildman–Crippen LogP) is 14.1. The van der Waals surface area contributed by atoms with Crippen LogP contribution in [0.25, 0.3) is 55.6 Å². The maximum atomic E-state index is 2.50. The molecule has 0 heterocycles. The summed E-state index contributed by atoms with van der Waals surface area (Å²) in [6.07, 6.45) is 0. The standard InChI is InChI=1S/C51H39N/c1-51(2)45-27-13-12-25-44(45)50-46(51)28-16-30-48(50)52(42-33-31-38(32-34-42)36-17-6-3-7-18-36)47-29-15-26-43(39-21-10-5-11-22-39)49(47)41-24-14-23-40(35-41)37-19-8-4-9-20-37/h3-35H,1-2H3. The molecule has 1 aliphatic rings. The lowest BCUT2D eigenvalue weighted by molar-refractivity contribution is 0.660. The fourth-order valence-electron chi connectivity index (χ4n) is 8.14. The fraction of sp³-hybridized carbons (Fsp3) is 0.0588. The van der Waals surface area contributed by atoms with Crippen LogP contribution in [0.4, 0.5) is 17.1 Å². The smallest absolute Gasteiger partial charge is 0.0546 e. The summed E-state index contributed by atoms with van der Waals surface area (Å²) in [6, 6.07) is 72.9. The Bertz CT molecular complexity index is 2510. The highest BCUT2D eigenvalue weighted by molar-refractivity contribution is 6.01. The second-order valence-electron chi connectivity index (χ2n) is 14.1. The second kappa shape index (κ2) is 13.0. The summed E-state index contributed by atoms with van der Waals surface area (Å²) in [5, 5.41) is 0. The van der Waals surface area contributed by atoms with Crippen LogP contribution in [-0.4, -0.2) is 0 Å². The molecular weight excluding hydrogens is 627 g/mol. The molecule has 0 amide bonds. The van der Waals surface area contributed by atoms with E-state index in [0.29, 0.717) is 0 Å². The minimum atomic E-state index is -0.122.